The van der Waals surface area contributed by atoms with Crippen LogP contribution in [0.3, 0.4) is 0 Å². The molecule has 0 fully saturated rings. The lowest BCUT2D eigenvalue weighted by atomic mass is 10.2. The number of rotatable bonds is 7. The Hall–Kier alpha value is 0.857. The minimum atomic E-state index is -1.27. The second kappa shape index (κ2) is 7.28. The van der Waals surface area contributed by atoms with E-state index >= 15 is 0 Å². The van der Waals surface area contributed by atoms with Gasteiger partial charge < -0.3 is 0 Å². The Labute approximate surface area is 88.2 Å². The van der Waals surface area contributed by atoms with Crippen molar-refractivity contribution >= 4 is 31.1 Å². The summed E-state index contributed by atoms with van der Waals surface area (Å²) in [6.07, 6.45) is 6.66. The number of hydrogen-bond donors (Lipinski definition) is 1. The van der Waals surface area contributed by atoms with Gasteiger partial charge in [-0.3, -0.25) is 0 Å². The van der Waals surface area contributed by atoms with E-state index < -0.39 is 7.38 Å². The number of thiol groups is 1. The van der Waals surface area contributed by atoms with Crippen LogP contribution in [0.1, 0.15) is 32.1 Å². The summed E-state index contributed by atoms with van der Waals surface area (Å²) in [6.45, 7) is 4.45. The second-order valence-electron chi connectivity index (χ2n) is 3.96. The zero-order valence-electron chi connectivity index (χ0n) is 8.27. The highest BCUT2D eigenvalue weighted by atomic mass is 35.6. The molecule has 0 nitrogen and oxygen atoms in total. The Kier molecular flexibility index (Phi) is 7.80. The van der Waals surface area contributed by atoms with Gasteiger partial charge >= 0.3 is 0 Å². The van der Waals surface area contributed by atoms with Crippen molar-refractivity contribution in [3.05, 3.63) is 0 Å². The summed E-state index contributed by atoms with van der Waals surface area (Å²) >= 11 is 10.4. The van der Waals surface area contributed by atoms with Crippen molar-refractivity contribution in [3.8, 4) is 0 Å². The molecule has 0 amide bonds. The van der Waals surface area contributed by atoms with Gasteiger partial charge in [0, 0.05) is 0 Å². The maximum absolute atomic E-state index is 6.20. The molecular weight excluding hydrogens is 204 g/mol. The Morgan fingerprint density at radius 3 is 2.00 bits per heavy atom. The lowest BCUT2D eigenvalue weighted by Gasteiger charge is -2.11. The first-order valence-electron chi connectivity index (χ1n) is 4.86. The van der Waals surface area contributed by atoms with Crippen LogP contribution in [-0.2, 0) is 0 Å². The molecule has 0 saturated heterocycles. The van der Waals surface area contributed by atoms with Gasteiger partial charge in [0.2, 0.25) is 0 Å². The van der Waals surface area contributed by atoms with Crippen molar-refractivity contribution in [2.75, 3.05) is 5.75 Å². The van der Waals surface area contributed by atoms with E-state index in [4.69, 9.17) is 11.1 Å². The molecule has 0 heterocycles. The van der Waals surface area contributed by atoms with Crippen molar-refractivity contribution in [3.63, 3.8) is 0 Å². The number of halogens is 1. The molecule has 0 saturated carbocycles. The van der Waals surface area contributed by atoms with Crippen molar-refractivity contribution in [1.82, 2.24) is 0 Å². The third kappa shape index (κ3) is 10.9. The second-order valence-corrected chi connectivity index (χ2v) is 11.4. The van der Waals surface area contributed by atoms with Gasteiger partial charge in [-0.2, -0.15) is 23.7 Å². The molecule has 0 N–H and O–H groups in total. The monoisotopic (exact) mass is 224 g/mol. The van der Waals surface area contributed by atoms with Crippen LogP contribution < -0.4 is 0 Å². The fraction of sp³-hybridized carbons (Fsp3) is 1.00. The molecule has 0 aromatic rings. The average Bonchev–Trinajstić information content (AvgIpc) is 1.94. The molecule has 0 radical (unpaired) electrons. The molecule has 12 heavy (non-hydrogen) atoms. The maximum Gasteiger partial charge on any atom is 0.150 e. The van der Waals surface area contributed by atoms with Gasteiger partial charge in [-0.25, -0.2) is 0 Å². The van der Waals surface area contributed by atoms with Gasteiger partial charge in [0.25, 0.3) is 0 Å². The molecular formula is C9H21ClSSi. The van der Waals surface area contributed by atoms with Gasteiger partial charge in [0.1, 0.15) is 7.38 Å². The average molecular weight is 225 g/mol. The molecule has 0 aliphatic rings. The summed E-state index contributed by atoms with van der Waals surface area (Å²) in [5.41, 5.74) is 0. The molecule has 0 spiro atoms. The molecule has 0 aromatic carbocycles. The molecule has 0 bridgehead atoms. The largest absolute Gasteiger partial charge is 0.179 e. The van der Waals surface area contributed by atoms with Gasteiger partial charge in [0.15, 0.2) is 0 Å². The van der Waals surface area contributed by atoms with Crippen LogP contribution in [0.2, 0.25) is 19.1 Å². The number of unbranched alkanes of at least 4 members (excludes halogenated alkanes) is 4. The summed E-state index contributed by atoms with van der Waals surface area (Å²) in [5.74, 6) is 1.04. The summed E-state index contributed by atoms with van der Waals surface area (Å²) in [4.78, 5) is 0. The maximum atomic E-state index is 6.20. The smallest absolute Gasteiger partial charge is 0.150 e. The predicted octanol–water partition coefficient (Wildman–Crippen LogP) is 4.31. The van der Waals surface area contributed by atoms with E-state index in [1.807, 2.05) is 0 Å². The zero-order chi connectivity index (χ0) is 9.45. The zero-order valence-corrected chi connectivity index (χ0v) is 10.9. The molecule has 0 aromatic heterocycles. The van der Waals surface area contributed by atoms with Crippen molar-refractivity contribution in [1.29, 1.82) is 0 Å². The quantitative estimate of drug-likeness (QED) is 0.283. The third-order valence-electron chi connectivity index (χ3n) is 1.93. The Bertz CT molecular complexity index is 101. The van der Waals surface area contributed by atoms with Crippen LogP contribution in [0.5, 0.6) is 0 Å². The SMILES string of the molecule is C[Si](C)(Cl)CCCCCCCS. The fourth-order valence-corrected chi connectivity index (χ4v) is 2.90. The van der Waals surface area contributed by atoms with E-state index in [1.54, 1.807) is 0 Å². The fourth-order valence-electron chi connectivity index (χ4n) is 1.19. The third-order valence-corrected chi connectivity index (χ3v) is 4.36. The van der Waals surface area contributed by atoms with Crippen LogP contribution >= 0.6 is 23.7 Å². The predicted molar refractivity (Wildman–Crippen MR) is 65.1 cm³/mol. The summed E-state index contributed by atoms with van der Waals surface area (Å²) in [5, 5.41) is 0. The van der Waals surface area contributed by atoms with Gasteiger partial charge in [0.05, 0.1) is 0 Å². The molecule has 0 unspecified atom stereocenters. The van der Waals surface area contributed by atoms with E-state index in [1.165, 1.54) is 38.1 Å². The lowest BCUT2D eigenvalue weighted by molar-refractivity contribution is 0.657. The Balaban J connectivity index is 3.01. The highest BCUT2D eigenvalue weighted by molar-refractivity contribution is 7.80. The minimum Gasteiger partial charge on any atom is -0.179 e. The van der Waals surface area contributed by atoms with E-state index in [0.717, 1.165) is 5.75 Å². The first kappa shape index (κ1) is 12.9. The summed E-state index contributed by atoms with van der Waals surface area (Å²) in [7, 11) is -1.27. The van der Waals surface area contributed by atoms with Crippen LogP contribution in [0.25, 0.3) is 0 Å². The van der Waals surface area contributed by atoms with Crippen LogP contribution in [0, 0.1) is 0 Å². The first-order valence-corrected chi connectivity index (χ1v) is 9.71. The van der Waals surface area contributed by atoms with Crippen molar-refractivity contribution < 1.29 is 0 Å². The van der Waals surface area contributed by atoms with Crippen LogP contribution in [0.15, 0.2) is 0 Å². The summed E-state index contributed by atoms with van der Waals surface area (Å²) in [6, 6.07) is 1.27. The molecule has 0 aliphatic carbocycles. The molecule has 74 valence electrons. The molecule has 0 atom stereocenters. The van der Waals surface area contributed by atoms with E-state index in [2.05, 4.69) is 25.7 Å². The highest BCUT2D eigenvalue weighted by Crippen LogP contribution is 2.18. The first-order chi connectivity index (χ1) is 5.56. The van der Waals surface area contributed by atoms with E-state index in [9.17, 15) is 0 Å². The summed E-state index contributed by atoms with van der Waals surface area (Å²) < 4.78 is 0. The molecule has 3 heteroatoms. The van der Waals surface area contributed by atoms with Crippen LogP contribution in [0.4, 0.5) is 0 Å². The van der Waals surface area contributed by atoms with Crippen molar-refractivity contribution in [2.45, 2.75) is 51.2 Å². The van der Waals surface area contributed by atoms with Gasteiger partial charge in [-0.1, -0.05) is 38.8 Å². The standard InChI is InChI=1S/C9H21ClSSi/c1-12(2,10)9-7-5-3-4-6-8-11/h11H,3-9H2,1-2H3. The topological polar surface area (TPSA) is 0 Å². The molecule has 0 rings (SSSR count). The minimum absolute atomic E-state index is 1.04. The van der Waals surface area contributed by atoms with Gasteiger partial charge in [-0.05, 0) is 18.2 Å². The Morgan fingerprint density at radius 2 is 1.50 bits per heavy atom. The van der Waals surface area contributed by atoms with Crippen LogP contribution in [-0.4, -0.2) is 13.1 Å². The number of hydrogen-bond acceptors (Lipinski definition) is 1. The highest BCUT2D eigenvalue weighted by Gasteiger charge is 2.15. The van der Waals surface area contributed by atoms with Gasteiger partial charge in [-0.15, -0.1) is 0 Å². The normalized spacial score (nSPS) is 12.0. The lowest BCUT2D eigenvalue weighted by Crippen LogP contribution is -2.14. The Morgan fingerprint density at radius 1 is 1.00 bits per heavy atom. The van der Waals surface area contributed by atoms with Crippen molar-refractivity contribution in [2.24, 2.45) is 0 Å². The van der Waals surface area contributed by atoms with E-state index in [0.29, 0.717) is 0 Å². The molecule has 0 aliphatic heterocycles. The van der Waals surface area contributed by atoms with E-state index in [-0.39, 0.29) is 0 Å².